The average molecular weight is 319 g/mol. The van der Waals surface area contributed by atoms with Crippen LogP contribution in [0.4, 0.5) is 19.0 Å². The van der Waals surface area contributed by atoms with Crippen LogP contribution in [0.5, 0.6) is 11.6 Å². The molecule has 0 saturated carbocycles. The number of pyridine rings is 1. The predicted molar refractivity (Wildman–Crippen MR) is 62.7 cm³/mol. The van der Waals surface area contributed by atoms with E-state index in [1.807, 2.05) is 0 Å². The van der Waals surface area contributed by atoms with Crippen molar-refractivity contribution in [3.63, 3.8) is 0 Å². The van der Waals surface area contributed by atoms with E-state index in [-0.39, 0.29) is 5.75 Å². The van der Waals surface area contributed by atoms with Crippen molar-refractivity contribution in [3.8, 4) is 11.6 Å². The van der Waals surface area contributed by atoms with Crippen molar-refractivity contribution in [1.29, 1.82) is 0 Å². The highest BCUT2D eigenvalue weighted by atomic mass is 79.9. The summed E-state index contributed by atoms with van der Waals surface area (Å²) in [5, 5.41) is 0. The Hall–Kier alpha value is -1.76. The number of rotatable bonds is 2. The lowest BCUT2D eigenvalue weighted by molar-refractivity contribution is 0.415. The van der Waals surface area contributed by atoms with E-state index in [2.05, 4.69) is 20.9 Å². The van der Waals surface area contributed by atoms with Gasteiger partial charge in [0.15, 0.2) is 17.5 Å². The van der Waals surface area contributed by atoms with Gasteiger partial charge in [-0.25, -0.2) is 13.2 Å². The molecule has 0 fully saturated rings. The van der Waals surface area contributed by atoms with Crippen molar-refractivity contribution in [2.45, 2.75) is 0 Å². The molecule has 0 radical (unpaired) electrons. The van der Waals surface area contributed by atoms with Gasteiger partial charge in [-0.2, -0.15) is 4.98 Å². The zero-order valence-corrected chi connectivity index (χ0v) is 10.3. The Morgan fingerprint density at radius 3 is 2.44 bits per heavy atom. The maximum Gasteiger partial charge on any atom is 0.258 e. The van der Waals surface area contributed by atoms with Gasteiger partial charge < -0.3 is 10.5 Å². The van der Waals surface area contributed by atoms with Crippen LogP contribution in [0.3, 0.4) is 0 Å². The molecule has 0 amide bonds. The van der Waals surface area contributed by atoms with Crippen molar-refractivity contribution in [2.75, 3.05) is 5.73 Å². The number of nitrogens with two attached hydrogens (primary N) is 1. The molecule has 2 N–H and O–H groups in total. The molecule has 7 heteroatoms. The monoisotopic (exact) mass is 318 g/mol. The molecule has 2 rings (SSSR count). The van der Waals surface area contributed by atoms with Crippen LogP contribution in [0.15, 0.2) is 28.7 Å². The third kappa shape index (κ3) is 2.73. The Morgan fingerprint density at radius 1 is 1.06 bits per heavy atom. The molecule has 0 unspecified atom stereocenters. The third-order valence-electron chi connectivity index (χ3n) is 1.98. The minimum Gasteiger partial charge on any atom is -0.436 e. The summed E-state index contributed by atoms with van der Waals surface area (Å²) in [6, 6.07) is 4.19. The molecule has 1 aromatic heterocycles. The lowest BCUT2D eigenvalue weighted by atomic mass is 10.3. The zero-order chi connectivity index (χ0) is 13.3. The maximum atomic E-state index is 13.3. The predicted octanol–water partition coefficient (Wildman–Crippen LogP) is 3.64. The lowest BCUT2D eigenvalue weighted by Gasteiger charge is -2.07. The van der Waals surface area contributed by atoms with Crippen LogP contribution in [0.2, 0.25) is 0 Å². The Balaban J connectivity index is 2.36. The van der Waals surface area contributed by atoms with Gasteiger partial charge >= 0.3 is 0 Å². The third-order valence-corrected chi connectivity index (χ3v) is 2.43. The van der Waals surface area contributed by atoms with Gasteiger partial charge in [-0.05, 0) is 12.1 Å². The van der Waals surface area contributed by atoms with Crippen molar-refractivity contribution >= 4 is 21.7 Å². The fourth-order valence-corrected chi connectivity index (χ4v) is 1.68. The van der Waals surface area contributed by atoms with Crippen LogP contribution in [-0.2, 0) is 0 Å². The molecule has 0 aliphatic heterocycles. The first-order chi connectivity index (χ1) is 8.45. The maximum absolute atomic E-state index is 13.3. The molecule has 18 heavy (non-hydrogen) atoms. The summed E-state index contributed by atoms with van der Waals surface area (Å²) in [5.41, 5.74) is 5.19. The van der Waals surface area contributed by atoms with E-state index in [0.717, 1.165) is 6.07 Å². The van der Waals surface area contributed by atoms with Crippen LogP contribution in [0.1, 0.15) is 0 Å². The summed E-state index contributed by atoms with van der Waals surface area (Å²) in [7, 11) is 0. The van der Waals surface area contributed by atoms with Gasteiger partial charge in [-0.15, -0.1) is 0 Å². The summed E-state index contributed by atoms with van der Waals surface area (Å²) < 4.78 is 44.7. The molecule has 2 aromatic rings. The van der Waals surface area contributed by atoms with Crippen LogP contribution in [0.25, 0.3) is 0 Å². The summed E-state index contributed by atoms with van der Waals surface area (Å²) in [6.07, 6.45) is 0. The second-order valence-electron chi connectivity index (χ2n) is 3.35. The molecular weight excluding hydrogens is 313 g/mol. The van der Waals surface area contributed by atoms with E-state index >= 15 is 0 Å². The Labute approximate surface area is 109 Å². The van der Waals surface area contributed by atoms with Gasteiger partial charge in [0.1, 0.15) is 11.6 Å². The van der Waals surface area contributed by atoms with E-state index in [9.17, 15) is 13.2 Å². The van der Waals surface area contributed by atoms with Crippen molar-refractivity contribution in [3.05, 3.63) is 46.2 Å². The number of ether oxygens (including phenoxy) is 1. The smallest absolute Gasteiger partial charge is 0.258 e. The molecule has 0 saturated heterocycles. The summed E-state index contributed by atoms with van der Waals surface area (Å²) in [5.74, 6) is -3.59. The summed E-state index contributed by atoms with van der Waals surface area (Å²) in [6.45, 7) is 0. The first kappa shape index (κ1) is 12.7. The molecule has 1 aromatic carbocycles. The standard InChI is InChI=1S/C11H6BrF3N2O/c12-5-1-6(13)3-7(2-5)18-11-9(15)4-8(14)10(16)17-11/h1-4H,(H2,16,17). The number of hydrogen-bond donors (Lipinski definition) is 1. The topological polar surface area (TPSA) is 48.1 Å². The molecule has 0 atom stereocenters. The molecule has 94 valence electrons. The second-order valence-corrected chi connectivity index (χ2v) is 4.27. The van der Waals surface area contributed by atoms with E-state index < -0.39 is 29.1 Å². The number of aromatic nitrogens is 1. The van der Waals surface area contributed by atoms with Crippen LogP contribution in [0, 0.1) is 17.5 Å². The van der Waals surface area contributed by atoms with Gasteiger partial charge in [-0.3, -0.25) is 0 Å². The van der Waals surface area contributed by atoms with Gasteiger partial charge in [0, 0.05) is 16.6 Å². The molecule has 0 aliphatic carbocycles. The normalized spacial score (nSPS) is 10.4. The van der Waals surface area contributed by atoms with Gasteiger partial charge in [0.25, 0.3) is 5.88 Å². The number of nitrogens with zero attached hydrogens (tertiary/aromatic N) is 1. The number of benzene rings is 1. The highest BCUT2D eigenvalue weighted by Gasteiger charge is 2.12. The van der Waals surface area contributed by atoms with Crippen LogP contribution < -0.4 is 10.5 Å². The molecule has 0 aliphatic rings. The van der Waals surface area contributed by atoms with Gasteiger partial charge in [-0.1, -0.05) is 15.9 Å². The van der Waals surface area contributed by atoms with E-state index in [4.69, 9.17) is 10.5 Å². The fraction of sp³-hybridized carbons (Fsp3) is 0. The quantitative estimate of drug-likeness (QED) is 0.919. The largest absolute Gasteiger partial charge is 0.436 e. The van der Waals surface area contributed by atoms with Gasteiger partial charge in [0.2, 0.25) is 0 Å². The van der Waals surface area contributed by atoms with Crippen molar-refractivity contribution in [2.24, 2.45) is 0 Å². The van der Waals surface area contributed by atoms with E-state index in [0.29, 0.717) is 10.5 Å². The molecule has 1 heterocycles. The lowest BCUT2D eigenvalue weighted by Crippen LogP contribution is -2.00. The molecular formula is C11H6BrF3N2O. The number of hydrogen-bond acceptors (Lipinski definition) is 3. The Kier molecular flexibility index (Phi) is 3.42. The first-order valence-corrected chi connectivity index (χ1v) is 5.50. The van der Waals surface area contributed by atoms with Gasteiger partial charge in [0.05, 0.1) is 0 Å². The Bertz CT molecular complexity index is 587. The summed E-state index contributed by atoms with van der Waals surface area (Å²) >= 11 is 3.05. The average Bonchev–Trinajstić information content (AvgIpc) is 2.24. The number of nitrogen functional groups attached to an aromatic ring is 1. The first-order valence-electron chi connectivity index (χ1n) is 4.71. The van der Waals surface area contributed by atoms with Crippen molar-refractivity contribution < 1.29 is 17.9 Å². The molecule has 3 nitrogen and oxygen atoms in total. The van der Waals surface area contributed by atoms with Crippen LogP contribution >= 0.6 is 15.9 Å². The molecule has 0 bridgehead atoms. The van der Waals surface area contributed by atoms with Crippen LogP contribution in [-0.4, -0.2) is 4.98 Å². The molecule has 0 spiro atoms. The number of anilines is 1. The summed E-state index contributed by atoms with van der Waals surface area (Å²) in [4.78, 5) is 3.39. The zero-order valence-electron chi connectivity index (χ0n) is 8.75. The minimum absolute atomic E-state index is 0.0132. The highest BCUT2D eigenvalue weighted by molar-refractivity contribution is 9.10. The van der Waals surface area contributed by atoms with E-state index in [1.54, 1.807) is 0 Å². The SMILES string of the molecule is Nc1nc(Oc2cc(F)cc(Br)c2)c(F)cc1F. The second kappa shape index (κ2) is 4.85. The fourth-order valence-electron chi connectivity index (χ4n) is 1.23. The number of halogens is 4. The van der Waals surface area contributed by atoms with E-state index in [1.165, 1.54) is 12.1 Å². The van der Waals surface area contributed by atoms with Crippen molar-refractivity contribution in [1.82, 2.24) is 4.98 Å². The minimum atomic E-state index is -1.03. The Morgan fingerprint density at radius 2 is 1.78 bits per heavy atom. The highest BCUT2D eigenvalue weighted by Crippen LogP contribution is 2.27.